The van der Waals surface area contributed by atoms with Gasteiger partial charge in [0.2, 0.25) is 0 Å². The summed E-state index contributed by atoms with van der Waals surface area (Å²) in [6, 6.07) is 15.0. The Morgan fingerprint density at radius 3 is 2.22 bits per heavy atom. The van der Waals surface area contributed by atoms with Gasteiger partial charge in [-0.25, -0.2) is 13.7 Å². The lowest BCUT2D eigenvalue weighted by atomic mass is 10.0. The third-order valence-corrected chi connectivity index (χ3v) is 5.25. The maximum absolute atomic E-state index is 14.5. The van der Waals surface area contributed by atoms with E-state index < -0.39 is 23.4 Å². The van der Waals surface area contributed by atoms with Crippen molar-refractivity contribution >= 4 is 28.8 Å². The van der Waals surface area contributed by atoms with Crippen molar-refractivity contribution in [3.63, 3.8) is 0 Å². The Bertz CT molecular complexity index is 1270. The van der Waals surface area contributed by atoms with Crippen molar-refractivity contribution in [2.24, 2.45) is 0 Å². The Labute approximate surface area is 183 Å². The van der Waals surface area contributed by atoms with E-state index in [1.165, 1.54) is 7.11 Å². The number of nitrogens with zero attached hydrogens (tertiary/aromatic N) is 1. The summed E-state index contributed by atoms with van der Waals surface area (Å²) in [4.78, 5) is 27.4. The Morgan fingerprint density at radius 2 is 1.59 bits per heavy atom. The van der Waals surface area contributed by atoms with Gasteiger partial charge in [-0.15, -0.1) is 0 Å². The number of aryl methyl sites for hydroxylation is 2. The molecule has 0 aromatic heterocycles. The fraction of sp³-hybridized carbons (Fsp3) is 0.120. The molecular weight excluding hydrogens is 414 g/mol. The van der Waals surface area contributed by atoms with Crippen LogP contribution in [0.25, 0.3) is 5.57 Å². The predicted octanol–water partition coefficient (Wildman–Crippen LogP) is 4.99. The van der Waals surface area contributed by atoms with E-state index in [2.05, 4.69) is 5.32 Å². The SMILES string of the molecule is COc1ccc(C2=C(Nc3ccc(C)cc3C)C(=O)N(c3ccc(F)cc3F)C2=O)cc1. The van der Waals surface area contributed by atoms with Crippen LogP contribution in [0.1, 0.15) is 16.7 Å². The van der Waals surface area contributed by atoms with Crippen LogP contribution in [0.5, 0.6) is 5.75 Å². The molecule has 0 fully saturated rings. The predicted molar refractivity (Wildman–Crippen MR) is 118 cm³/mol. The van der Waals surface area contributed by atoms with Crippen LogP contribution in [0.4, 0.5) is 20.2 Å². The minimum Gasteiger partial charge on any atom is -0.497 e. The highest BCUT2D eigenvalue weighted by molar-refractivity contribution is 6.46. The van der Waals surface area contributed by atoms with Crippen molar-refractivity contribution < 1.29 is 23.1 Å². The number of ether oxygens (including phenoxy) is 1. The highest BCUT2D eigenvalue weighted by atomic mass is 19.1. The van der Waals surface area contributed by atoms with Crippen LogP contribution in [0, 0.1) is 25.5 Å². The van der Waals surface area contributed by atoms with Crippen molar-refractivity contribution in [3.05, 3.63) is 94.7 Å². The van der Waals surface area contributed by atoms with Gasteiger partial charge in [0.1, 0.15) is 23.1 Å². The standard InChI is InChI=1S/C25H20F2N2O3/c1-14-4-10-20(15(2)12-14)28-23-22(16-5-8-18(32-3)9-6-16)24(30)29(25(23)31)21-11-7-17(26)13-19(21)27/h4-13,28H,1-3H3. The number of carbonyl (C=O) groups excluding carboxylic acids is 2. The lowest BCUT2D eigenvalue weighted by molar-refractivity contribution is -0.120. The molecule has 1 heterocycles. The average molecular weight is 434 g/mol. The number of amides is 2. The van der Waals surface area contributed by atoms with Crippen LogP contribution in [0.2, 0.25) is 0 Å². The average Bonchev–Trinajstić information content (AvgIpc) is 3.00. The summed E-state index contributed by atoms with van der Waals surface area (Å²) in [6.45, 7) is 3.82. The third-order valence-electron chi connectivity index (χ3n) is 5.25. The lowest BCUT2D eigenvalue weighted by Crippen LogP contribution is -2.33. The summed E-state index contributed by atoms with van der Waals surface area (Å²) >= 11 is 0. The van der Waals surface area contributed by atoms with E-state index in [0.29, 0.717) is 23.1 Å². The molecule has 0 radical (unpaired) electrons. The number of rotatable bonds is 5. The van der Waals surface area contributed by atoms with Gasteiger partial charge in [-0.2, -0.15) is 0 Å². The Balaban J connectivity index is 1.85. The second kappa shape index (κ2) is 8.26. The molecule has 4 rings (SSSR count). The molecule has 32 heavy (non-hydrogen) atoms. The zero-order chi connectivity index (χ0) is 23.0. The number of hydrogen-bond donors (Lipinski definition) is 1. The van der Waals surface area contributed by atoms with Gasteiger partial charge in [-0.05, 0) is 55.3 Å². The number of anilines is 2. The molecule has 0 bridgehead atoms. The van der Waals surface area contributed by atoms with E-state index in [4.69, 9.17) is 4.74 Å². The highest BCUT2D eigenvalue weighted by Crippen LogP contribution is 2.36. The third kappa shape index (κ3) is 3.73. The summed E-state index contributed by atoms with van der Waals surface area (Å²) in [5, 5.41) is 3.06. The number of carbonyl (C=O) groups is 2. The van der Waals surface area contributed by atoms with Gasteiger partial charge in [-0.3, -0.25) is 9.59 Å². The van der Waals surface area contributed by atoms with Crippen molar-refractivity contribution in [3.8, 4) is 5.75 Å². The highest BCUT2D eigenvalue weighted by Gasteiger charge is 2.41. The summed E-state index contributed by atoms with van der Waals surface area (Å²) in [7, 11) is 1.52. The second-order valence-electron chi connectivity index (χ2n) is 7.46. The fourth-order valence-electron chi connectivity index (χ4n) is 3.64. The molecule has 0 saturated heterocycles. The molecule has 0 spiro atoms. The zero-order valence-electron chi connectivity index (χ0n) is 17.7. The van der Waals surface area contributed by atoms with Gasteiger partial charge < -0.3 is 10.1 Å². The van der Waals surface area contributed by atoms with E-state index >= 15 is 0 Å². The van der Waals surface area contributed by atoms with Crippen LogP contribution in [0.15, 0.2) is 66.4 Å². The smallest absolute Gasteiger partial charge is 0.282 e. The van der Waals surface area contributed by atoms with Crippen LogP contribution < -0.4 is 15.0 Å². The zero-order valence-corrected chi connectivity index (χ0v) is 17.7. The number of halogens is 2. The Kier molecular flexibility index (Phi) is 5.48. The van der Waals surface area contributed by atoms with Crippen molar-refractivity contribution in [1.82, 2.24) is 0 Å². The molecule has 162 valence electrons. The van der Waals surface area contributed by atoms with Gasteiger partial charge in [0.25, 0.3) is 11.8 Å². The second-order valence-corrected chi connectivity index (χ2v) is 7.46. The van der Waals surface area contributed by atoms with Gasteiger partial charge in [-0.1, -0.05) is 29.8 Å². The number of nitrogens with one attached hydrogen (secondary N) is 1. The molecule has 3 aromatic carbocycles. The Hall–Kier alpha value is -4.00. The number of methoxy groups -OCH3 is 1. The molecule has 1 aliphatic heterocycles. The lowest BCUT2D eigenvalue weighted by Gasteiger charge is -2.16. The largest absolute Gasteiger partial charge is 0.497 e. The van der Waals surface area contributed by atoms with E-state index in [-0.39, 0.29) is 17.0 Å². The summed E-state index contributed by atoms with van der Waals surface area (Å²) in [5.41, 5.74) is 2.79. The molecule has 0 saturated carbocycles. The number of hydrogen-bond acceptors (Lipinski definition) is 4. The maximum Gasteiger partial charge on any atom is 0.282 e. The molecule has 0 atom stereocenters. The molecule has 0 unspecified atom stereocenters. The molecule has 1 aliphatic rings. The van der Waals surface area contributed by atoms with Crippen LogP contribution in [-0.2, 0) is 9.59 Å². The summed E-state index contributed by atoms with van der Waals surface area (Å²) < 4.78 is 33.1. The molecule has 0 aliphatic carbocycles. The minimum atomic E-state index is -1.01. The molecular formula is C25H20F2N2O3. The van der Waals surface area contributed by atoms with Crippen molar-refractivity contribution in [2.45, 2.75) is 13.8 Å². The normalized spacial score (nSPS) is 13.7. The maximum atomic E-state index is 14.5. The van der Waals surface area contributed by atoms with Gasteiger partial charge in [0.15, 0.2) is 0 Å². The van der Waals surface area contributed by atoms with E-state index in [0.717, 1.165) is 28.2 Å². The molecule has 3 aromatic rings. The van der Waals surface area contributed by atoms with Crippen LogP contribution >= 0.6 is 0 Å². The van der Waals surface area contributed by atoms with E-state index in [1.807, 2.05) is 32.0 Å². The number of imide groups is 1. The quantitative estimate of drug-likeness (QED) is 0.575. The van der Waals surface area contributed by atoms with E-state index in [1.54, 1.807) is 24.3 Å². The minimum absolute atomic E-state index is 0.0100. The van der Waals surface area contributed by atoms with Crippen LogP contribution in [-0.4, -0.2) is 18.9 Å². The first-order valence-corrected chi connectivity index (χ1v) is 9.87. The monoisotopic (exact) mass is 434 g/mol. The summed E-state index contributed by atoms with van der Waals surface area (Å²) in [5.74, 6) is -2.67. The molecule has 1 N–H and O–H groups in total. The number of benzene rings is 3. The first kappa shape index (κ1) is 21.2. The molecule has 2 amide bonds. The fourth-order valence-corrected chi connectivity index (χ4v) is 3.64. The topological polar surface area (TPSA) is 58.6 Å². The van der Waals surface area contributed by atoms with Gasteiger partial charge in [0.05, 0.1) is 18.4 Å². The first-order valence-electron chi connectivity index (χ1n) is 9.87. The van der Waals surface area contributed by atoms with Crippen LogP contribution in [0.3, 0.4) is 0 Å². The Morgan fingerprint density at radius 1 is 0.875 bits per heavy atom. The molecule has 7 heteroatoms. The van der Waals surface area contributed by atoms with E-state index in [9.17, 15) is 18.4 Å². The molecule has 5 nitrogen and oxygen atoms in total. The van der Waals surface area contributed by atoms with Gasteiger partial charge >= 0.3 is 0 Å². The summed E-state index contributed by atoms with van der Waals surface area (Å²) in [6.07, 6.45) is 0. The van der Waals surface area contributed by atoms with Crippen molar-refractivity contribution in [2.75, 3.05) is 17.3 Å². The van der Waals surface area contributed by atoms with Gasteiger partial charge in [0, 0.05) is 11.8 Å². The first-order chi connectivity index (χ1) is 15.3. The van der Waals surface area contributed by atoms with Crippen molar-refractivity contribution in [1.29, 1.82) is 0 Å².